The molecule has 1 aliphatic rings. The van der Waals surface area contributed by atoms with E-state index < -0.39 is 11.8 Å². The molecule has 2 heteroatoms. The van der Waals surface area contributed by atoms with Crippen molar-refractivity contribution in [2.24, 2.45) is 11.3 Å². The number of anilines is 1. The molecule has 3 rings (SSSR count). The summed E-state index contributed by atoms with van der Waals surface area (Å²) in [7, 11) is 1.81. The molecule has 2 aromatic carbocycles. The Kier molecular flexibility index (Phi) is 3.25. The molecule has 0 aliphatic carbocycles. The molecular formula is C20H23NO. The van der Waals surface area contributed by atoms with Crippen molar-refractivity contribution in [3.63, 3.8) is 0 Å². The van der Waals surface area contributed by atoms with Crippen molar-refractivity contribution in [1.29, 1.82) is 0 Å². The molecule has 0 bridgehead atoms. The van der Waals surface area contributed by atoms with Gasteiger partial charge in [-0.25, -0.2) is 0 Å². The van der Waals surface area contributed by atoms with Gasteiger partial charge in [-0.3, -0.25) is 4.79 Å². The van der Waals surface area contributed by atoms with Gasteiger partial charge in [0.1, 0.15) is 0 Å². The summed E-state index contributed by atoms with van der Waals surface area (Å²) in [5, 5.41) is 0. The fourth-order valence-electron chi connectivity index (χ4n) is 3.33. The zero-order valence-electron chi connectivity index (χ0n) is 14.6. The average molecular weight is 294 g/mol. The largest absolute Gasteiger partial charge is 0.315 e. The zero-order chi connectivity index (χ0) is 16.8. The van der Waals surface area contributed by atoms with Crippen LogP contribution in [0, 0.1) is 11.3 Å². The van der Waals surface area contributed by atoms with Gasteiger partial charge in [-0.2, -0.15) is 0 Å². The van der Waals surface area contributed by atoms with Gasteiger partial charge in [0.2, 0.25) is 5.91 Å². The summed E-state index contributed by atoms with van der Waals surface area (Å²) in [5.74, 6) is -1.52. The molecule has 1 amide bonds. The van der Waals surface area contributed by atoms with Crippen molar-refractivity contribution in [3.8, 4) is 0 Å². The van der Waals surface area contributed by atoms with Crippen LogP contribution in [-0.2, 0) is 4.79 Å². The summed E-state index contributed by atoms with van der Waals surface area (Å²) in [6, 6.07) is 17.5. The van der Waals surface area contributed by atoms with Gasteiger partial charge in [0.15, 0.2) is 0 Å². The van der Waals surface area contributed by atoms with E-state index in [-0.39, 0.29) is 11.3 Å². The Morgan fingerprint density at radius 2 is 1.59 bits per heavy atom. The number of para-hydroxylation sites is 1. The van der Waals surface area contributed by atoms with Gasteiger partial charge in [-0.15, -0.1) is 0 Å². The van der Waals surface area contributed by atoms with Gasteiger partial charge in [0.25, 0.3) is 0 Å². The standard InChI is InChI=1S/C20H23NO/c1-20(2,3)18-17(14-10-6-5-7-11-14)15-12-8-9-13-16(15)21(4)19(18)22/h5-13,17-18H,1-4H3/i17D. The highest BCUT2D eigenvalue weighted by molar-refractivity contribution is 5.99. The quantitative estimate of drug-likeness (QED) is 0.760. The summed E-state index contributed by atoms with van der Waals surface area (Å²) < 4.78 is 9.43. The van der Waals surface area contributed by atoms with Crippen LogP contribution in [0.4, 0.5) is 5.69 Å². The zero-order valence-corrected chi connectivity index (χ0v) is 13.6. The lowest BCUT2D eigenvalue weighted by Crippen LogP contribution is -2.46. The minimum atomic E-state index is -1.08. The number of carbonyl (C=O) groups is 1. The van der Waals surface area contributed by atoms with Crippen molar-refractivity contribution in [3.05, 3.63) is 65.7 Å². The van der Waals surface area contributed by atoms with Gasteiger partial charge in [0, 0.05) is 20.0 Å². The maximum atomic E-state index is 13.1. The lowest BCUT2D eigenvalue weighted by Gasteiger charge is -2.44. The lowest BCUT2D eigenvalue weighted by atomic mass is 9.65. The van der Waals surface area contributed by atoms with Gasteiger partial charge in [0.05, 0.1) is 5.92 Å². The highest BCUT2D eigenvalue weighted by atomic mass is 16.2. The van der Waals surface area contributed by atoms with Crippen LogP contribution >= 0.6 is 0 Å². The number of hydrogen-bond acceptors (Lipinski definition) is 1. The number of fused-ring (bicyclic) bond motifs is 1. The van der Waals surface area contributed by atoms with Crippen LogP contribution < -0.4 is 4.90 Å². The van der Waals surface area contributed by atoms with E-state index in [2.05, 4.69) is 0 Å². The first kappa shape index (κ1) is 13.6. The number of carbonyl (C=O) groups excluding carboxylic acids is 1. The van der Waals surface area contributed by atoms with E-state index in [0.717, 1.165) is 16.8 Å². The Morgan fingerprint density at radius 1 is 1.00 bits per heavy atom. The topological polar surface area (TPSA) is 20.3 Å². The number of benzene rings is 2. The number of amides is 1. The second kappa shape index (κ2) is 5.28. The fraction of sp³-hybridized carbons (Fsp3) is 0.350. The van der Waals surface area contributed by atoms with Crippen LogP contribution in [0.25, 0.3) is 0 Å². The summed E-state index contributed by atoms with van der Waals surface area (Å²) in [6.07, 6.45) is 0. The molecule has 0 N–H and O–H groups in total. The molecule has 0 fully saturated rings. The number of nitrogens with zero attached hydrogens (tertiary/aromatic N) is 1. The monoisotopic (exact) mass is 294 g/mol. The highest BCUT2D eigenvalue weighted by Crippen LogP contribution is 2.49. The molecule has 2 atom stereocenters. The Morgan fingerprint density at radius 3 is 2.23 bits per heavy atom. The molecule has 1 aliphatic heterocycles. The number of hydrogen-bond donors (Lipinski definition) is 0. The third-order valence-corrected chi connectivity index (χ3v) is 4.37. The third kappa shape index (κ3) is 2.33. The first-order valence-electron chi connectivity index (χ1n) is 8.20. The Bertz CT molecular complexity index is 735. The van der Waals surface area contributed by atoms with Gasteiger partial charge < -0.3 is 4.90 Å². The molecular weight excluding hydrogens is 270 g/mol. The van der Waals surface area contributed by atoms with Gasteiger partial charge in [-0.05, 0) is 22.6 Å². The molecule has 2 aromatic rings. The summed E-state index contributed by atoms with van der Waals surface area (Å²) in [4.78, 5) is 14.8. The molecule has 0 aromatic heterocycles. The molecule has 22 heavy (non-hydrogen) atoms. The van der Waals surface area contributed by atoms with Crippen LogP contribution in [0.3, 0.4) is 0 Å². The van der Waals surface area contributed by atoms with Crippen LogP contribution in [-0.4, -0.2) is 13.0 Å². The molecule has 1 heterocycles. The van der Waals surface area contributed by atoms with E-state index in [1.54, 1.807) is 4.90 Å². The van der Waals surface area contributed by atoms with Crippen molar-refractivity contribution < 1.29 is 6.17 Å². The average Bonchev–Trinajstić information content (AvgIpc) is 2.52. The van der Waals surface area contributed by atoms with E-state index >= 15 is 0 Å². The Balaban J connectivity index is 2.35. The van der Waals surface area contributed by atoms with Crippen molar-refractivity contribution in [2.75, 3.05) is 11.9 Å². The summed E-state index contributed by atoms with van der Waals surface area (Å²) in [5.41, 5.74) is 2.27. The molecule has 0 saturated heterocycles. The Labute approximate surface area is 134 Å². The fourth-order valence-corrected chi connectivity index (χ4v) is 3.33. The second-order valence-corrected chi connectivity index (χ2v) is 6.99. The maximum Gasteiger partial charge on any atom is 0.231 e. The van der Waals surface area contributed by atoms with E-state index in [9.17, 15) is 6.17 Å². The maximum absolute atomic E-state index is 13.1. The summed E-state index contributed by atoms with van der Waals surface area (Å²) >= 11 is 0. The predicted molar refractivity (Wildman–Crippen MR) is 91.1 cm³/mol. The molecule has 2 unspecified atom stereocenters. The highest BCUT2D eigenvalue weighted by Gasteiger charge is 2.45. The Hall–Kier alpha value is -2.09. The van der Waals surface area contributed by atoms with Crippen LogP contribution in [0.15, 0.2) is 54.6 Å². The van der Waals surface area contributed by atoms with Crippen molar-refractivity contribution in [1.82, 2.24) is 0 Å². The predicted octanol–water partition coefficient (Wildman–Crippen LogP) is 4.46. The third-order valence-electron chi connectivity index (χ3n) is 4.37. The van der Waals surface area contributed by atoms with Crippen LogP contribution in [0.5, 0.6) is 0 Å². The smallest absolute Gasteiger partial charge is 0.231 e. The molecule has 0 radical (unpaired) electrons. The normalized spacial score (nSPS) is 25.6. The van der Waals surface area contributed by atoms with Crippen molar-refractivity contribution in [2.45, 2.75) is 26.7 Å². The van der Waals surface area contributed by atoms with E-state index in [1.807, 2.05) is 82.4 Å². The lowest BCUT2D eigenvalue weighted by molar-refractivity contribution is -0.126. The van der Waals surface area contributed by atoms with Gasteiger partial charge >= 0.3 is 0 Å². The van der Waals surface area contributed by atoms with E-state index in [1.165, 1.54) is 0 Å². The van der Waals surface area contributed by atoms with Crippen molar-refractivity contribution >= 4 is 11.6 Å². The minimum Gasteiger partial charge on any atom is -0.315 e. The second-order valence-electron chi connectivity index (χ2n) is 6.99. The van der Waals surface area contributed by atoms with E-state index in [4.69, 9.17) is 0 Å². The van der Waals surface area contributed by atoms with E-state index in [0.29, 0.717) is 0 Å². The van der Waals surface area contributed by atoms with Crippen LogP contribution in [0.1, 0.15) is 39.2 Å². The SMILES string of the molecule is [2H]C1(c2ccccc2)c2ccccc2N(C)C(=O)C1C(C)(C)C. The minimum absolute atomic E-state index is 0.00931. The van der Waals surface area contributed by atoms with Crippen LogP contribution in [0.2, 0.25) is 0 Å². The molecule has 0 saturated carbocycles. The molecule has 0 spiro atoms. The molecule has 114 valence electrons. The molecule has 2 nitrogen and oxygen atoms in total. The first-order chi connectivity index (χ1) is 10.8. The summed E-state index contributed by atoms with van der Waals surface area (Å²) in [6.45, 7) is 6.14. The first-order valence-corrected chi connectivity index (χ1v) is 7.70. The number of rotatable bonds is 1. The van der Waals surface area contributed by atoms with Gasteiger partial charge in [-0.1, -0.05) is 69.3 Å².